The second-order valence-electron chi connectivity index (χ2n) is 4.11. The molecule has 1 unspecified atom stereocenters. The van der Waals surface area contributed by atoms with E-state index in [1.807, 2.05) is 13.8 Å². The Kier molecular flexibility index (Phi) is 7.73. The highest BCUT2D eigenvalue weighted by Gasteiger charge is 2.17. The summed E-state index contributed by atoms with van der Waals surface area (Å²) in [5.74, 6) is -0.208. The summed E-state index contributed by atoms with van der Waals surface area (Å²) in [5.41, 5.74) is 5.60. The standard InChI is InChI=1S/C10H21N3O3S/c1-7(2)9(11)10(15)13-6-8(14)12-4-5-17(3)16/h7,9H,4-6,11H2,1-3H3,(H,12,14)(H,13,15)/t9-,17?/m0/s1. The van der Waals surface area contributed by atoms with Crippen molar-refractivity contribution in [3.63, 3.8) is 0 Å². The van der Waals surface area contributed by atoms with Crippen LogP contribution in [0.3, 0.4) is 0 Å². The second-order valence-corrected chi connectivity index (χ2v) is 5.67. The van der Waals surface area contributed by atoms with Gasteiger partial charge in [-0.25, -0.2) is 0 Å². The van der Waals surface area contributed by atoms with E-state index < -0.39 is 16.8 Å². The maximum atomic E-state index is 11.4. The van der Waals surface area contributed by atoms with Crippen LogP contribution in [-0.4, -0.2) is 47.2 Å². The third-order valence-corrected chi connectivity index (χ3v) is 2.93. The van der Waals surface area contributed by atoms with Gasteiger partial charge < -0.3 is 16.4 Å². The van der Waals surface area contributed by atoms with Crippen LogP contribution in [0.5, 0.6) is 0 Å². The molecule has 2 amide bonds. The highest BCUT2D eigenvalue weighted by molar-refractivity contribution is 7.84. The molecular weight excluding hydrogens is 242 g/mol. The van der Waals surface area contributed by atoms with Crippen LogP contribution in [0.25, 0.3) is 0 Å². The molecule has 17 heavy (non-hydrogen) atoms. The lowest BCUT2D eigenvalue weighted by atomic mass is 10.1. The van der Waals surface area contributed by atoms with E-state index >= 15 is 0 Å². The van der Waals surface area contributed by atoms with Crippen molar-refractivity contribution < 1.29 is 13.8 Å². The SMILES string of the molecule is CC(C)[C@H](N)C(=O)NCC(=O)NCCS(C)=O. The van der Waals surface area contributed by atoms with Gasteiger partial charge in [0.05, 0.1) is 12.6 Å². The van der Waals surface area contributed by atoms with E-state index in [4.69, 9.17) is 5.73 Å². The van der Waals surface area contributed by atoms with Gasteiger partial charge in [-0.3, -0.25) is 13.8 Å². The molecule has 0 rings (SSSR count). The second kappa shape index (κ2) is 8.19. The van der Waals surface area contributed by atoms with Gasteiger partial charge in [-0.2, -0.15) is 0 Å². The fraction of sp³-hybridized carbons (Fsp3) is 0.800. The molecule has 6 nitrogen and oxygen atoms in total. The van der Waals surface area contributed by atoms with E-state index in [0.717, 1.165) is 0 Å². The van der Waals surface area contributed by atoms with Crippen LogP contribution in [0.2, 0.25) is 0 Å². The van der Waals surface area contributed by atoms with E-state index in [1.165, 1.54) is 0 Å². The highest BCUT2D eigenvalue weighted by Crippen LogP contribution is 1.97. The van der Waals surface area contributed by atoms with Gasteiger partial charge in [-0.15, -0.1) is 0 Å². The predicted octanol–water partition coefficient (Wildman–Crippen LogP) is -1.42. The molecular formula is C10H21N3O3S. The number of hydrogen-bond acceptors (Lipinski definition) is 4. The summed E-state index contributed by atoms with van der Waals surface area (Å²) in [6.07, 6.45) is 1.57. The van der Waals surface area contributed by atoms with E-state index in [-0.39, 0.29) is 24.3 Å². The number of hydrogen-bond donors (Lipinski definition) is 3. The van der Waals surface area contributed by atoms with Crippen LogP contribution in [0, 0.1) is 5.92 Å². The zero-order valence-corrected chi connectivity index (χ0v) is 11.3. The summed E-state index contributed by atoms with van der Waals surface area (Å²) in [6, 6.07) is -0.606. The first-order valence-corrected chi connectivity index (χ1v) is 7.17. The molecule has 0 aliphatic rings. The predicted molar refractivity (Wildman–Crippen MR) is 67.8 cm³/mol. The Morgan fingerprint density at radius 2 is 1.88 bits per heavy atom. The maximum Gasteiger partial charge on any atom is 0.239 e. The largest absolute Gasteiger partial charge is 0.354 e. The summed E-state index contributed by atoms with van der Waals surface area (Å²) >= 11 is 0. The van der Waals surface area contributed by atoms with E-state index in [9.17, 15) is 13.8 Å². The molecule has 0 fully saturated rings. The van der Waals surface area contributed by atoms with E-state index in [2.05, 4.69) is 10.6 Å². The summed E-state index contributed by atoms with van der Waals surface area (Å²) in [5, 5.41) is 5.00. The Balaban J connectivity index is 3.77. The average Bonchev–Trinajstić information content (AvgIpc) is 2.24. The fourth-order valence-corrected chi connectivity index (χ4v) is 1.37. The van der Waals surface area contributed by atoms with E-state index in [1.54, 1.807) is 6.26 Å². The molecule has 0 aromatic carbocycles. The Morgan fingerprint density at radius 1 is 1.29 bits per heavy atom. The molecule has 100 valence electrons. The van der Waals surface area contributed by atoms with Crippen molar-refractivity contribution in [2.75, 3.05) is 25.1 Å². The van der Waals surface area contributed by atoms with Crippen LogP contribution in [0.1, 0.15) is 13.8 Å². The average molecular weight is 263 g/mol. The Labute approximate surface area is 104 Å². The molecule has 0 spiro atoms. The van der Waals surface area contributed by atoms with Gasteiger partial charge in [0, 0.05) is 29.4 Å². The zero-order valence-electron chi connectivity index (χ0n) is 10.5. The third kappa shape index (κ3) is 7.87. The maximum absolute atomic E-state index is 11.4. The van der Waals surface area contributed by atoms with Crippen molar-refractivity contribution in [3.8, 4) is 0 Å². The molecule has 0 aliphatic carbocycles. The van der Waals surface area contributed by atoms with Crippen molar-refractivity contribution in [1.82, 2.24) is 10.6 Å². The Morgan fingerprint density at radius 3 is 2.35 bits per heavy atom. The number of carbonyl (C=O) groups excluding carboxylic acids is 2. The Bertz CT molecular complexity index is 295. The Hall–Kier alpha value is -0.950. The smallest absolute Gasteiger partial charge is 0.239 e. The number of amides is 2. The lowest BCUT2D eigenvalue weighted by Gasteiger charge is -2.15. The molecule has 7 heteroatoms. The van der Waals surface area contributed by atoms with Crippen molar-refractivity contribution >= 4 is 22.6 Å². The van der Waals surface area contributed by atoms with Gasteiger partial charge in [0.2, 0.25) is 11.8 Å². The first kappa shape index (κ1) is 16.1. The quantitative estimate of drug-likeness (QED) is 0.525. The third-order valence-electron chi connectivity index (χ3n) is 2.16. The normalized spacial score (nSPS) is 14.2. The minimum absolute atomic E-state index is 0.0283. The van der Waals surface area contributed by atoms with Gasteiger partial charge >= 0.3 is 0 Å². The first-order valence-electron chi connectivity index (χ1n) is 5.44. The molecule has 0 aromatic heterocycles. The van der Waals surface area contributed by atoms with Gasteiger partial charge in [-0.1, -0.05) is 13.8 Å². The first-order chi connectivity index (χ1) is 7.84. The van der Waals surface area contributed by atoms with Crippen molar-refractivity contribution in [1.29, 1.82) is 0 Å². The van der Waals surface area contributed by atoms with Gasteiger partial charge in [0.25, 0.3) is 0 Å². The van der Waals surface area contributed by atoms with Crippen molar-refractivity contribution in [2.45, 2.75) is 19.9 Å². The lowest BCUT2D eigenvalue weighted by molar-refractivity contribution is -0.127. The van der Waals surface area contributed by atoms with Gasteiger partial charge in [0.1, 0.15) is 0 Å². The van der Waals surface area contributed by atoms with Crippen LogP contribution >= 0.6 is 0 Å². The molecule has 0 saturated heterocycles. The van der Waals surface area contributed by atoms with Crippen molar-refractivity contribution in [3.05, 3.63) is 0 Å². The minimum atomic E-state index is -0.930. The topological polar surface area (TPSA) is 101 Å². The van der Waals surface area contributed by atoms with Crippen LogP contribution < -0.4 is 16.4 Å². The summed E-state index contributed by atoms with van der Waals surface area (Å²) in [6.45, 7) is 3.91. The molecule has 0 saturated carbocycles. The van der Waals surface area contributed by atoms with Crippen molar-refractivity contribution in [2.24, 2.45) is 11.7 Å². The van der Waals surface area contributed by atoms with Crippen LogP contribution in [0.4, 0.5) is 0 Å². The number of rotatable bonds is 7. The highest BCUT2D eigenvalue weighted by atomic mass is 32.2. The fourth-order valence-electron chi connectivity index (χ4n) is 0.985. The summed E-state index contributed by atoms with van der Waals surface area (Å²) in [7, 11) is -0.930. The summed E-state index contributed by atoms with van der Waals surface area (Å²) in [4.78, 5) is 22.7. The van der Waals surface area contributed by atoms with Crippen LogP contribution in [0.15, 0.2) is 0 Å². The monoisotopic (exact) mass is 263 g/mol. The molecule has 0 aliphatic heterocycles. The van der Waals surface area contributed by atoms with E-state index in [0.29, 0.717) is 12.3 Å². The molecule has 0 heterocycles. The lowest BCUT2D eigenvalue weighted by Crippen LogP contribution is -2.47. The molecule has 4 N–H and O–H groups in total. The number of nitrogens with one attached hydrogen (secondary N) is 2. The number of nitrogens with two attached hydrogens (primary N) is 1. The van der Waals surface area contributed by atoms with Gasteiger partial charge in [0.15, 0.2) is 0 Å². The van der Waals surface area contributed by atoms with Crippen LogP contribution in [-0.2, 0) is 20.4 Å². The summed E-state index contributed by atoms with van der Waals surface area (Å²) < 4.78 is 10.7. The molecule has 0 bridgehead atoms. The molecule has 0 radical (unpaired) electrons. The zero-order chi connectivity index (χ0) is 13.4. The number of carbonyl (C=O) groups is 2. The minimum Gasteiger partial charge on any atom is -0.354 e. The molecule has 2 atom stereocenters. The molecule has 0 aromatic rings. The van der Waals surface area contributed by atoms with Gasteiger partial charge in [-0.05, 0) is 5.92 Å².